The van der Waals surface area contributed by atoms with Gasteiger partial charge in [0, 0.05) is 5.69 Å². The van der Waals surface area contributed by atoms with Crippen molar-refractivity contribution in [2.24, 2.45) is 0 Å². The summed E-state index contributed by atoms with van der Waals surface area (Å²) < 4.78 is 25.8. The number of aryl methyl sites for hydroxylation is 4. The van der Waals surface area contributed by atoms with Crippen molar-refractivity contribution in [1.29, 1.82) is 0 Å². The van der Waals surface area contributed by atoms with Crippen LogP contribution in [0, 0.1) is 27.7 Å². The van der Waals surface area contributed by atoms with Gasteiger partial charge in [-0.1, -0.05) is 29.8 Å². The molecule has 0 heterocycles. The first-order valence-electron chi connectivity index (χ1n) is 8.00. The van der Waals surface area contributed by atoms with E-state index in [9.17, 15) is 13.2 Å². The van der Waals surface area contributed by atoms with Gasteiger partial charge in [-0.25, -0.2) is 8.42 Å². The minimum absolute atomic E-state index is 0.266. The lowest BCUT2D eigenvalue weighted by molar-refractivity contribution is -0.114. The molecular formula is C19H24N2O3S. The number of carbonyl (C=O) groups is 1. The summed E-state index contributed by atoms with van der Waals surface area (Å²) in [5, 5.41) is 2.76. The van der Waals surface area contributed by atoms with Gasteiger partial charge >= 0.3 is 0 Å². The van der Waals surface area contributed by atoms with Gasteiger partial charge in [0.2, 0.25) is 15.9 Å². The molecule has 5 nitrogen and oxygen atoms in total. The molecule has 0 atom stereocenters. The molecule has 0 radical (unpaired) electrons. The first kappa shape index (κ1) is 19.0. The van der Waals surface area contributed by atoms with Crippen LogP contribution in [0.3, 0.4) is 0 Å². The van der Waals surface area contributed by atoms with Gasteiger partial charge < -0.3 is 5.32 Å². The summed E-state index contributed by atoms with van der Waals surface area (Å²) in [5.41, 5.74) is 4.93. The normalized spacial score (nSPS) is 11.2. The van der Waals surface area contributed by atoms with Crippen LogP contribution in [0.1, 0.15) is 22.3 Å². The first-order valence-corrected chi connectivity index (χ1v) is 9.85. The highest BCUT2D eigenvalue weighted by Crippen LogP contribution is 2.28. The molecule has 2 aromatic carbocycles. The fraction of sp³-hybridized carbons (Fsp3) is 0.316. The zero-order chi connectivity index (χ0) is 18.8. The second-order valence-corrected chi connectivity index (χ2v) is 8.34. The van der Waals surface area contributed by atoms with Gasteiger partial charge in [-0.05, 0) is 56.5 Å². The standard InChI is InChI=1S/C19H24N2O3S/c1-13-7-6-8-17(11-13)20-18(22)12-21(25(5,23)24)19-15(3)9-14(2)10-16(19)4/h6-11H,12H2,1-5H3,(H,20,22). The Balaban J connectivity index is 2.33. The number of nitrogens with one attached hydrogen (secondary N) is 1. The molecule has 1 N–H and O–H groups in total. The summed E-state index contributed by atoms with van der Waals surface area (Å²) >= 11 is 0. The molecule has 25 heavy (non-hydrogen) atoms. The van der Waals surface area contributed by atoms with Crippen molar-refractivity contribution in [3.63, 3.8) is 0 Å². The lowest BCUT2D eigenvalue weighted by Crippen LogP contribution is -2.38. The SMILES string of the molecule is Cc1cccc(NC(=O)CN(c2c(C)cc(C)cc2C)S(C)(=O)=O)c1. The molecule has 0 spiro atoms. The highest BCUT2D eigenvalue weighted by molar-refractivity contribution is 7.92. The first-order chi connectivity index (χ1) is 11.6. The van der Waals surface area contributed by atoms with Crippen LogP contribution in [0.4, 0.5) is 11.4 Å². The number of hydrogen-bond acceptors (Lipinski definition) is 3. The summed E-state index contributed by atoms with van der Waals surface area (Å²) in [4.78, 5) is 12.4. The Hall–Kier alpha value is -2.34. The van der Waals surface area contributed by atoms with E-state index in [1.807, 2.05) is 58.0 Å². The quantitative estimate of drug-likeness (QED) is 0.889. The Kier molecular flexibility index (Phi) is 5.52. The molecule has 0 unspecified atom stereocenters. The average Bonchev–Trinajstić information content (AvgIpc) is 2.44. The molecule has 0 saturated heterocycles. The zero-order valence-corrected chi connectivity index (χ0v) is 16.1. The molecule has 2 rings (SSSR count). The van der Waals surface area contributed by atoms with E-state index in [1.165, 1.54) is 4.31 Å². The molecule has 2 aromatic rings. The summed E-state index contributed by atoms with van der Waals surface area (Å²) in [6, 6.07) is 11.2. The highest BCUT2D eigenvalue weighted by atomic mass is 32.2. The topological polar surface area (TPSA) is 66.5 Å². The van der Waals surface area contributed by atoms with Gasteiger partial charge in [0.15, 0.2) is 0 Å². The van der Waals surface area contributed by atoms with Crippen LogP contribution in [-0.2, 0) is 14.8 Å². The second-order valence-electron chi connectivity index (χ2n) is 6.43. The van der Waals surface area contributed by atoms with E-state index < -0.39 is 10.0 Å². The number of nitrogens with zero attached hydrogens (tertiary/aromatic N) is 1. The van der Waals surface area contributed by atoms with Crippen molar-refractivity contribution in [3.8, 4) is 0 Å². The van der Waals surface area contributed by atoms with Crippen LogP contribution in [0.5, 0.6) is 0 Å². The Morgan fingerprint density at radius 1 is 1.00 bits per heavy atom. The van der Waals surface area contributed by atoms with E-state index in [4.69, 9.17) is 0 Å². The molecule has 0 aliphatic carbocycles. The Morgan fingerprint density at radius 3 is 2.12 bits per heavy atom. The van der Waals surface area contributed by atoms with E-state index in [-0.39, 0.29) is 12.5 Å². The fourth-order valence-electron chi connectivity index (χ4n) is 2.98. The van der Waals surface area contributed by atoms with Crippen molar-refractivity contribution in [2.45, 2.75) is 27.7 Å². The van der Waals surface area contributed by atoms with Gasteiger partial charge in [-0.2, -0.15) is 0 Å². The number of benzene rings is 2. The van der Waals surface area contributed by atoms with Gasteiger partial charge in [0.1, 0.15) is 6.54 Å². The molecule has 134 valence electrons. The molecule has 0 aliphatic heterocycles. The van der Waals surface area contributed by atoms with E-state index in [1.54, 1.807) is 6.07 Å². The minimum Gasteiger partial charge on any atom is -0.325 e. The smallest absolute Gasteiger partial charge is 0.245 e. The maximum absolute atomic E-state index is 12.4. The van der Waals surface area contributed by atoms with Crippen molar-refractivity contribution >= 4 is 27.3 Å². The van der Waals surface area contributed by atoms with Gasteiger partial charge in [0.05, 0.1) is 11.9 Å². The number of sulfonamides is 1. The largest absolute Gasteiger partial charge is 0.325 e. The lowest BCUT2D eigenvalue weighted by Gasteiger charge is -2.26. The molecule has 0 fully saturated rings. The maximum Gasteiger partial charge on any atom is 0.245 e. The minimum atomic E-state index is -3.60. The molecule has 0 saturated carbocycles. The Morgan fingerprint density at radius 2 is 1.60 bits per heavy atom. The number of rotatable bonds is 5. The van der Waals surface area contributed by atoms with E-state index >= 15 is 0 Å². The number of amides is 1. The van der Waals surface area contributed by atoms with Crippen molar-refractivity contribution in [3.05, 3.63) is 58.7 Å². The zero-order valence-electron chi connectivity index (χ0n) is 15.3. The Labute approximate surface area is 149 Å². The number of carbonyl (C=O) groups excluding carboxylic acids is 1. The predicted molar refractivity (Wildman–Crippen MR) is 103 cm³/mol. The molecule has 6 heteroatoms. The summed E-state index contributed by atoms with van der Waals surface area (Å²) in [6.45, 7) is 7.33. The predicted octanol–water partition coefficient (Wildman–Crippen LogP) is 3.32. The van der Waals surface area contributed by atoms with E-state index in [2.05, 4.69) is 5.32 Å². The second kappa shape index (κ2) is 7.27. The van der Waals surface area contributed by atoms with Crippen molar-refractivity contribution in [2.75, 3.05) is 22.4 Å². The number of hydrogen-bond donors (Lipinski definition) is 1. The molecule has 1 amide bonds. The number of anilines is 2. The monoisotopic (exact) mass is 360 g/mol. The third kappa shape index (κ3) is 4.82. The van der Waals surface area contributed by atoms with Crippen LogP contribution in [-0.4, -0.2) is 27.1 Å². The van der Waals surface area contributed by atoms with Crippen LogP contribution in [0.15, 0.2) is 36.4 Å². The highest BCUT2D eigenvalue weighted by Gasteiger charge is 2.24. The summed E-state index contributed by atoms with van der Waals surface area (Å²) in [7, 11) is -3.60. The summed E-state index contributed by atoms with van der Waals surface area (Å²) in [6.07, 6.45) is 1.12. The molecule has 0 bridgehead atoms. The summed E-state index contributed by atoms with van der Waals surface area (Å²) in [5.74, 6) is -0.379. The molecular weight excluding hydrogens is 336 g/mol. The fourth-order valence-corrected chi connectivity index (χ4v) is 3.95. The molecule has 0 aromatic heterocycles. The van der Waals surface area contributed by atoms with Crippen LogP contribution in [0.2, 0.25) is 0 Å². The van der Waals surface area contributed by atoms with Gasteiger partial charge in [-0.15, -0.1) is 0 Å². The van der Waals surface area contributed by atoms with Crippen LogP contribution >= 0.6 is 0 Å². The maximum atomic E-state index is 12.4. The van der Waals surface area contributed by atoms with Crippen LogP contribution in [0.25, 0.3) is 0 Å². The van der Waals surface area contributed by atoms with Crippen molar-refractivity contribution < 1.29 is 13.2 Å². The third-order valence-electron chi connectivity index (χ3n) is 3.87. The molecule has 0 aliphatic rings. The average molecular weight is 360 g/mol. The Bertz CT molecular complexity index is 882. The van der Waals surface area contributed by atoms with Crippen molar-refractivity contribution in [1.82, 2.24) is 0 Å². The van der Waals surface area contributed by atoms with E-state index in [0.717, 1.165) is 28.5 Å². The van der Waals surface area contributed by atoms with Gasteiger partial charge in [0.25, 0.3) is 0 Å². The third-order valence-corrected chi connectivity index (χ3v) is 4.99. The van der Waals surface area contributed by atoms with E-state index in [0.29, 0.717) is 11.4 Å². The van der Waals surface area contributed by atoms with Gasteiger partial charge in [-0.3, -0.25) is 9.10 Å². The lowest BCUT2D eigenvalue weighted by atomic mass is 10.1. The van der Waals surface area contributed by atoms with Crippen LogP contribution < -0.4 is 9.62 Å².